The molecule has 0 aliphatic heterocycles. The summed E-state index contributed by atoms with van der Waals surface area (Å²) in [6.45, 7) is 4.52. The van der Waals surface area contributed by atoms with E-state index in [4.69, 9.17) is 21.1 Å². The highest BCUT2D eigenvalue weighted by Gasteiger charge is 2.18. The van der Waals surface area contributed by atoms with Gasteiger partial charge in [0.05, 0.1) is 23.4 Å². The van der Waals surface area contributed by atoms with Gasteiger partial charge in [0.15, 0.2) is 16.8 Å². The van der Waals surface area contributed by atoms with E-state index < -0.39 is 5.97 Å². The number of hydrogen-bond donors (Lipinski definition) is 1. The minimum Gasteiger partial charge on any atom is -0.494 e. The van der Waals surface area contributed by atoms with Crippen molar-refractivity contribution in [3.8, 4) is 17.1 Å². The number of aromatic nitrogens is 3. The maximum absolute atomic E-state index is 12.4. The Morgan fingerprint density at radius 1 is 1.10 bits per heavy atom. The summed E-state index contributed by atoms with van der Waals surface area (Å²) in [5.74, 6) is 1.05. The quantitative estimate of drug-likeness (QED) is 0.357. The lowest BCUT2D eigenvalue weighted by atomic mass is 10.2. The minimum atomic E-state index is -0.507. The van der Waals surface area contributed by atoms with Crippen LogP contribution in [0.1, 0.15) is 24.2 Å². The smallest absolute Gasteiger partial charge is 0.343 e. The highest BCUT2D eigenvalue weighted by atomic mass is 35.5. The zero-order valence-corrected chi connectivity index (χ0v) is 18.5. The molecule has 31 heavy (non-hydrogen) atoms. The Morgan fingerprint density at radius 3 is 2.65 bits per heavy atom. The number of fused-ring (bicyclic) bond motifs is 1. The monoisotopic (exact) mass is 454 g/mol. The third-order valence-corrected chi connectivity index (χ3v) is 5.47. The van der Waals surface area contributed by atoms with Crippen LogP contribution in [-0.4, -0.2) is 34.1 Å². The highest BCUT2D eigenvalue weighted by Crippen LogP contribution is 2.32. The van der Waals surface area contributed by atoms with Gasteiger partial charge in [0.25, 0.3) is 0 Å². The first-order valence-corrected chi connectivity index (χ1v) is 10.9. The Labute approximate surface area is 188 Å². The molecule has 0 atom stereocenters. The average Bonchev–Trinajstić information content (AvgIpc) is 3.16. The molecule has 0 amide bonds. The summed E-state index contributed by atoms with van der Waals surface area (Å²) < 4.78 is 11.7. The van der Waals surface area contributed by atoms with Crippen molar-refractivity contribution in [2.24, 2.45) is 0 Å². The fourth-order valence-corrected chi connectivity index (χ4v) is 3.91. The van der Waals surface area contributed by atoms with Crippen LogP contribution < -0.4 is 10.1 Å². The van der Waals surface area contributed by atoms with E-state index >= 15 is 0 Å². The second-order valence-corrected chi connectivity index (χ2v) is 7.86. The number of ether oxygens (including phenoxy) is 2. The van der Waals surface area contributed by atoms with E-state index in [0.717, 1.165) is 21.5 Å². The number of rotatable bonds is 7. The van der Waals surface area contributed by atoms with Crippen LogP contribution in [0.4, 0.5) is 10.9 Å². The number of esters is 1. The predicted molar refractivity (Wildman–Crippen MR) is 123 cm³/mol. The van der Waals surface area contributed by atoms with Crippen LogP contribution in [0, 0.1) is 0 Å². The molecule has 0 radical (unpaired) electrons. The normalized spacial score (nSPS) is 10.8. The second kappa shape index (κ2) is 9.28. The lowest BCUT2D eigenvalue weighted by Gasteiger charge is -2.10. The lowest BCUT2D eigenvalue weighted by Crippen LogP contribution is -2.11. The van der Waals surface area contributed by atoms with Gasteiger partial charge < -0.3 is 14.8 Å². The van der Waals surface area contributed by atoms with Crippen molar-refractivity contribution in [2.45, 2.75) is 13.8 Å². The molecule has 4 aromatic rings. The molecule has 4 rings (SSSR count). The van der Waals surface area contributed by atoms with Gasteiger partial charge in [-0.1, -0.05) is 22.9 Å². The summed E-state index contributed by atoms with van der Waals surface area (Å²) in [5, 5.41) is 4.37. The average molecular weight is 455 g/mol. The van der Waals surface area contributed by atoms with Crippen molar-refractivity contribution >= 4 is 50.1 Å². The summed E-state index contributed by atoms with van der Waals surface area (Å²) in [5.41, 5.74) is 1.82. The van der Waals surface area contributed by atoms with Gasteiger partial charge in [-0.25, -0.2) is 19.7 Å². The van der Waals surface area contributed by atoms with Crippen LogP contribution in [0.2, 0.25) is 5.02 Å². The Balaban J connectivity index is 1.72. The molecule has 0 unspecified atom stereocenters. The van der Waals surface area contributed by atoms with Gasteiger partial charge >= 0.3 is 5.97 Å². The van der Waals surface area contributed by atoms with Crippen molar-refractivity contribution in [3.63, 3.8) is 0 Å². The molecular formula is C22H19ClN4O3S. The first kappa shape index (κ1) is 21.0. The second-order valence-electron chi connectivity index (χ2n) is 6.39. The third kappa shape index (κ3) is 4.76. The Bertz CT molecular complexity index is 1230. The molecule has 0 fully saturated rings. The number of carbonyl (C=O) groups is 1. The summed E-state index contributed by atoms with van der Waals surface area (Å²) >= 11 is 7.42. The molecule has 1 N–H and O–H groups in total. The summed E-state index contributed by atoms with van der Waals surface area (Å²) in [6.07, 6.45) is 1.46. The molecule has 0 aliphatic rings. The molecule has 9 heteroatoms. The zero-order chi connectivity index (χ0) is 21.8. The van der Waals surface area contributed by atoms with Crippen molar-refractivity contribution in [1.29, 1.82) is 0 Å². The first-order valence-electron chi connectivity index (χ1n) is 9.68. The fourth-order valence-electron chi connectivity index (χ4n) is 2.89. The molecule has 7 nitrogen and oxygen atoms in total. The number of thiazole rings is 1. The van der Waals surface area contributed by atoms with Gasteiger partial charge in [0.1, 0.15) is 11.3 Å². The maximum Gasteiger partial charge on any atom is 0.343 e. The molecule has 0 saturated carbocycles. The maximum atomic E-state index is 12.4. The van der Waals surface area contributed by atoms with Crippen molar-refractivity contribution in [3.05, 3.63) is 59.2 Å². The molecule has 0 saturated heterocycles. The SMILES string of the molecule is CCOC(=O)c1cnc(-c2ccc(Cl)cc2)nc1Nc1nc2ccc(OCC)cc2s1. The topological polar surface area (TPSA) is 86.2 Å². The molecule has 0 bridgehead atoms. The van der Waals surface area contributed by atoms with E-state index in [2.05, 4.69) is 20.3 Å². The van der Waals surface area contributed by atoms with Crippen LogP contribution in [0.15, 0.2) is 48.7 Å². The van der Waals surface area contributed by atoms with Crippen LogP contribution >= 0.6 is 22.9 Å². The highest BCUT2D eigenvalue weighted by molar-refractivity contribution is 7.22. The largest absolute Gasteiger partial charge is 0.494 e. The Hall–Kier alpha value is -3.23. The van der Waals surface area contributed by atoms with Gasteiger partial charge in [-0.05, 0) is 56.3 Å². The van der Waals surface area contributed by atoms with Gasteiger partial charge in [-0.2, -0.15) is 0 Å². The Morgan fingerprint density at radius 2 is 1.90 bits per heavy atom. The van der Waals surface area contributed by atoms with Gasteiger partial charge in [0.2, 0.25) is 0 Å². The van der Waals surface area contributed by atoms with E-state index in [1.807, 2.05) is 37.3 Å². The summed E-state index contributed by atoms with van der Waals surface area (Å²) in [7, 11) is 0. The van der Waals surface area contributed by atoms with Crippen LogP contribution in [0.5, 0.6) is 5.75 Å². The number of anilines is 2. The summed E-state index contributed by atoms with van der Waals surface area (Å²) in [4.78, 5) is 25.9. The molecule has 0 spiro atoms. The van der Waals surface area contributed by atoms with Gasteiger partial charge in [-0.15, -0.1) is 0 Å². The van der Waals surface area contributed by atoms with Crippen molar-refractivity contribution in [1.82, 2.24) is 15.0 Å². The standard InChI is InChI=1S/C22H19ClN4O3S/c1-3-29-15-9-10-17-18(11-15)31-22(25-17)27-20-16(21(28)30-4-2)12-24-19(26-20)13-5-7-14(23)8-6-13/h5-12H,3-4H2,1-2H3,(H,24,25,26,27). The van der Waals surface area contributed by atoms with Crippen LogP contribution in [0.3, 0.4) is 0 Å². The predicted octanol–water partition coefficient (Wildman–Crippen LogP) is 5.73. The molecule has 2 heterocycles. The fraction of sp³-hybridized carbons (Fsp3) is 0.182. The Kier molecular flexibility index (Phi) is 6.29. The van der Waals surface area contributed by atoms with Gasteiger partial charge in [0, 0.05) is 16.8 Å². The molecule has 2 aromatic heterocycles. The molecular weight excluding hydrogens is 436 g/mol. The number of hydrogen-bond acceptors (Lipinski definition) is 8. The van der Waals surface area contributed by atoms with E-state index in [9.17, 15) is 4.79 Å². The van der Waals surface area contributed by atoms with Crippen molar-refractivity contribution in [2.75, 3.05) is 18.5 Å². The molecule has 158 valence electrons. The number of nitrogens with one attached hydrogen (secondary N) is 1. The minimum absolute atomic E-state index is 0.230. The number of carbonyl (C=O) groups excluding carboxylic acids is 1. The van der Waals surface area contributed by atoms with Crippen molar-refractivity contribution < 1.29 is 14.3 Å². The first-order chi connectivity index (χ1) is 15.1. The van der Waals surface area contributed by atoms with E-state index in [0.29, 0.717) is 28.4 Å². The van der Waals surface area contributed by atoms with E-state index in [1.165, 1.54) is 17.5 Å². The lowest BCUT2D eigenvalue weighted by molar-refractivity contribution is 0.0526. The van der Waals surface area contributed by atoms with Crippen LogP contribution in [0.25, 0.3) is 21.6 Å². The third-order valence-electron chi connectivity index (χ3n) is 4.28. The molecule has 2 aromatic carbocycles. The van der Waals surface area contributed by atoms with Crippen LogP contribution in [-0.2, 0) is 4.74 Å². The van der Waals surface area contributed by atoms with E-state index in [-0.39, 0.29) is 12.2 Å². The van der Waals surface area contributed by atoms with Gasteiger partial charge in [-0.3, -0.25) is 0 Å². The number of nitrogens with zero attached hydrogens (tertiary/aromatic N) is 3. The zero-order valence-electron chi connectivity index (χ0n) is 16.9. The number of benzene rings is 2. The number of halogens is 1. The van der Waals surface area contributed by atoms with E-state index in [1.54, 1.807) is 19.1 Å². The molecule has 0 aliphatic carbocycles. The summed E-state index contributed by atoms with van der Waals surface area (Å²) in [6, 6.07) is 12.9.